The Hall–Kier alpha value is -1.90. The van der Waals surface area contributed by atoms with E-state index < -0.39 is 0 Å². The molecule has 70 valence electrons. The van der Waals surface area contributed by atoms with E-state index in [1.54, 1.807) is 6.20 Å². The molecular formula is C11H10N2O. The van der Waals surface area contributed by atoms with Crippen molar-refractivity contribution in [2.24, 2.45) is 4.99 Å². The highest BCUT2D eigenvalue weighted by Gasteiger charge is 2.10. The molecule has 0 amide bonds. The Bertz CT molecular complexity index is 497. The minimum Gasteiger partial charge on any atom is -0.419 e. The van der Waals surface area contributed by atoms with E-state index in [0.29, 0.717) is 11.6 Å². The van der Waals surface area contributed by atoms with Gasteiger partial charge in [0.15, 0.2) is 0 Å². The monoisotopic (exact) mass is 186 g/mol. The SMILES string of the molecule is C=Nc1oc2ncccc2c1/C=C\C. The van der Waals surface area contributed by atoms with E-state index in [-0.39, 0.29) is 0 Å². The number of aromatic nitrogens is 1. The molecule has 0 spiro atoms. The zero-order valence-electron chi connectivity index (χ0n) is 7.90. The van der Waals surface area contributed by atoms with Crippen LogP contribution >= 0.6 is 0 Å². The van der Waals surface area contributed by atoms with Crippen LogP contribution in [-0.2, 0) is 0 Å². The predicted octanol–water partition coefficient (Wildman–Crippen LogP) is 3.19. The molecule has 0 saturated heterocycles. The molecule has 3 nitrogen and oxygen atoms in total. The van der Waals surface area contributed by atoms with Crippen LogP contribution in [0.5, 0.6) is 0 Å². The molecule has 0 aliphatic carbocycles. The molecule has 0 fully saturated rings. The summed E-state index contributed by atoms with van der Waals surface area (Å²) in [6, 6.07) is 3.83. The van der Waals surface area contributed by atoms with Crippen molar-refractivity contribution in [3.63, 3.8) is 0 Å². The van der Waals surface area contributed by atoms with Gasteiger partial charge in [0.2, 0.25) is 11.6 Å². The highest BCUT2D eigenvalue weighted by atomic mass is 16.4. The molecule has 0 aliphatic rings. The standard InChI is InChI=1S/C11H10N2O/c1-3-5-8-9-6-4-7-13-11(9)14-10(8)12-2/h3-7H,2H2,1H3/b5-3-. The molecule has 0 aromatic carbocycles. The molecule has 2 heterocycles. The van der Waals surface area contributed by atoms with Crippen molar-refractivity contribution in [2.75, 3.05) is 0 Å². The van der Waals surface area contributed by atoms with Gasteiger partial charge in [-0.15, -0.1) is 0 Å². The molecule has 2 aromatic heterocycles. The number of aliphatic imine (C=N–C) groups is 1. The van der Waals surface area contributed by atoms with E-state index in [4.69, 9.17) is 4.42 Å². The van der Waals surface area contributed by atoms with Crippen LogP contribution < -0.4 is 0 Å². The second-order valence-corrected chi connectivity index (χ2v) is 2.84. The third kappa shape index (κ3) is 1.23. The summed E-state index contributed by atoms with van der Waals surface area (Å²) >= 11 is 0. The summed E-state index contributed by atoms with van der Waals surface area (Å²) in [6.45, 7) is 5.41. The third-order valence-corrected chi connectivity index (χ3v) is 1.96. The van der Waals surface area contributed by atoms with Gasteiger partial charge in [0.25, 0.3) is 0 Å². The number of nitrogens with zero attached hydrogens (tertiary/aromatic N) is 2. The van der Waals surface area contributed by atoms with E-state index in [0.717, 1.165) is 10.9 Å². The van der Waals surface area contributed by atoms with Crippen LogP contribution in [0.2, 0.25) is 0 Å². The van der Waals surface area contributed by atoms with Gasteiger partial charge < -0.3 is 4.42 Å². The summed E-state index contributed by atoms with van der Waals surface area (Å²) in [5, 5.41) is 0.966. The fourth-order valence-electron chi connectivity index (χ4n) is 1.38. The molecule has 3 heteroatoms. The Morgan fingerprint density at radius 2 is 2.43 bits per heavy atom. The number of hydrogen-bond donors (Lipinski definition) is 0. The lowest BCUT2D eigenvalue weighted by atomic mass is 10.2. The Morgan fingerprint density at radius 1 is 1.57 bits per heavy atom. The van der Waals surface area contributed by atoms with Crippen LogP contribution in [0, 0.1) is 0 Å². The van der Waals surface area contributed by atoms with Crippen LogP contribution in [0.3, 0.4) is 0 Å². The topological polar surface area (TPSA) is 38.4 Å². The minimum absolute atomic E-state index is 0.525. The first-order valence-corrected chi connectivity index (χ1v) is 4.33. The average Bonchev–Trinajstić information content (AvgIpc) is 2.58. The number of rotatable bonds is 2. The smallest absolute Gasteiger partial charge is 0.229 e. The summed E-state index contributed by atoms with van der Waals surface area (Å²) in [5.74, 6) is 0.525. The van der Waals surface area contributed by atoms with Gasteiger partial charge in [-0.05, 0) is 25.8 Å². The van der Waals surface area contributed by atoms with Gasteiger partial charge in [-0.1, -0.05) is 12.2 Å². The molecule has 2 aromatic rings. The zero-order chi connectivity index (χ0) is 9.97. The first-order chi connectivity index (χ1) is 6.86. The zero-order valence-corrected chi connectivity index (χ0v) is 7.90. The highest BCUT2D eigenvalue weighted by molar-refractivity contribution is 5.89. The highest BCUT2D eigenvalue weighted by Crippen LogP contribution is 2.31. The number of hydrogen-bond acceptors (Lipinski definition) is 3. The first-order valence-electron chi connectivity index (χ1n) is 4.33. The van der Waals surface area contributed by atoms with Crippen molar-refractivity contribution in [3.8, 4) is 0 Å². The molecule has 0 atom stereocenters. The van der Waals surface area contributed by atoms with Gasteiger partial charge in [0, 0.05) is 17.1 Å². The number of fused-ring (bicyclic) bond motifs is 1. The van der Waals surface area contributed by atoms with Crippen LogP contribution in [0.1, 0.15) is 12.5 Å². The maximum absolute atomic E-state index is 5.41. The summed E-state index contributed by atoms with van der Waals surface area (Å²) in [7, 11) is 0. The van der Waals surface area contributed by atoms with Crippen LogP contribution in [-0.4, -0.2) is 11.7 Å². The second-order valence-electron chi connectivity index (χ2n) is 2.84. The lowest BCUT2D eigenvalue weighted by Gasteiger charge is -1.88. The van der Waals surface area contributed by atoms with E-state index in [1.807, 2.05) is 31.2 Å². The maximum Gasteiger partial charge on any atom is 0.229 e. The van der Waals surface area contributed by atoms with Gasteiger partial charge in [0.1, 0.15) is 0 Å². The molecule has 0 saturated carbocycles. The Morgan fingerprint density at radius 3 is 3.14 bits per heavy atom. The van der Waals surface area contributed by atoms with Crippen molar-refractivity contribution in [1.29, 1.82) is 0 Å². The van der Waals surface area contributed by atoms with Crippen LogP contribution in [0.25, 0.3) is 17.2 Å². The van der Waals surface area contributed by atoms with E-state index in [1.165, 1.54) is 0 Å². The van der Waals surface area contributed by atoms with Crippen molar-refractivity contribution < 1.29 is 4.42 Å². The lowest BCUT2D eigenvalue weighted by molar-refractivity contribution is 0.613. The Labute approximate surface area is 81.8 Å². The van der Waals surface area contributed by atoms with Gasteiger partial charge in [-0.3, -0.25) is 0 Å². The van der Waals surface area contributed by atoms with Crippen LogP contribution in [0.15, 0.2) is 33.8 Å². The number of allylic oxidation sites excluding steroid dienone is 1. The number of pyridine rings is 1. The molecule has 0 radical (unpaired) electrons. The van der Waals surface area contributed by atoms with E-state index in [9.17, 15) is 0 Å². The van der Waals surface area contributed by atoms with Crippen molar-refractivity contribution in [1.82, 2.24) is 4.98 Å². The minimum atomic E-state index is 0.525. The molecule has 0 aliphatic heterocycles. The Balaban J connectivity index is 2.80. The largest absolute Gasteiger partial charge is 0.419 e. The van der Waals surface area contributed by atoms with E-state index in [2.05, 4.69) is 16.7 Å². The average molecular weight is 186 g/mol. The summed E-state index contributed by atoms with van der Waals surface area (Å²) in [4.78, 5) is 7.92. The summed E-state index contributed by atoms with van der Waals surface area (Å²) in [5.41, 5.74) is 1.54. The summed E-state index contributed by atoms with van der Waals surface area (Å²) < 4.78 is 5.41. The normalized spacial score (nSPS) is 11.2. The van der Waals surface area contributed by atoms with Gasteiger partial charge >= 0.3 is 0 Å². The summed E-state index contributed by atoms with van der Waals surface area (Å²) in [6.07, 6.45) is 5.57. The van der Waals surface area contributed by atoms with Crippen molar-refractivity contribution in [3.05, 3.63) is 30.0 Å². The van der Waals surface area contributed by atoms with Gasteiger partial charge in [0.05, 0.1) is 0 Å². The van der Waals surface area contributed by atoms with Gasteiger partial charge in [-0.25, -0.2) is 9.98 Å². The maximum atomic E-state index is 5.41. The fraction of sp³-hybridized carbons (Fsp3) is 0.0909. The molecule has 0 unspecified atom stereocenters. The van der Waals surface area contributed by atoms with Gasteiger partial charge in [-0.2, -0.15) is 0 Å². The van der Waals surface area contributed by atoms with E-state index >= 15 is 0 Å². The number of furan rings is 1. The fourth-order valence-corrected chi connectivity index (χ4v) is 1.38. The molecule has 2 rings (SSSR count). The quantitative estimate of drug-likeness (QED) is 0.675. The Kier molecular flexibility index (Phi) is 2.14. The molecule has 0 bridgehead atoms. The predicted molar refractivity (Wildman–Crippen MR) is 57.9 cm³/mol. The second kappa shape index (κ2) is 3.46. The van der Waals surface area contributed by atoms with Crippen molar-refractivity contribution in [2.45, 2.75) is 6.92 Å². The first kappa shape index (κ1) is 8.69. The third-order valence-electron chi connectivity index (χ3n) is 1.96. The molecular weight excluding hydrogens is 176 g/mol. The van der Waals surface area contributed by atoms with Crippen molar-refractivity contribution >= 4 is 29.8 Å². The van der Waals surface area contributed by atoms with Crippen LogP contribution in [0.4, 0.5) is 5.88 Å². The molecule has 0 N–H and O–H groups in total. The lowest BCUT2D eigenvalue weighted by Crippen LogP contribution is -1.71. The molecule has 14 heavy (non-hydrogen) atoms.